The van der Waals surface area contributed by atoms with Crippen LogP contribution in [-0.2, 0) is 6.54 Å². The number of thiophene rings is 1. The topological polar surface area (TPSA) is 130 Å². The number of pyridine rings is 1. The predicted octanol–water partition coefficient (Wildman–Crippen LogP) is 5.45. The number of hydrogen-bond acceptors (Lipinski definition) is 8. The molecule has 2 aromatic carbocycles. The maximum atomic E-state index is 13.3. The normalized spacial score (nSPS) is 11.6. The van der Waals surface area contributed by atoms with Crippen molar-refractivity contribution in [1.82, 2.24) is 20.3 Å². The van der Waals surface area contributed by atoms with Gasteiger partial charge in [-0.15, -0.1) is 11.3 Å². The Morgan fingerprint density at radius 3 is 2.71 bits per heavy atom. The molecule has 5 rings (SSSR count). The van der Waals surface area contributed by atoms with Gasteiger partial charge in [0.15, 0.2) is 0 Å². The van der Waals surface area contributed by atoms with E-state index in [4.69, 9.17) is 5.73 Å². The second-order valence-electron chi connectivity index (χ2n) is 8.59. The molecule has 188 valence electrons. The molecule has 0 fully saturated rings. The van der Waals surface area contributed by atoms with Crippen molar-refractivity contribution in [3.05, 3.63) is 101 Å². The third-order valence-electron chi connectivity index (χ3n) is 6.02. The maximum absolute atomic E-state index is 13.3. The number of anilines is 2. The summed E-state index contributed by atoms with van der Waals surface area (Å²) >= 11 is 1.60. The third kappa shape index (κ3) is 5.28. The Bertz CT molecular complexity index is 1680. The zero-order valence-corrected chi connectivity index (χ0v) is 21.1. The minimum atomic E-state index is -0.392. The van der Waals surface area contributed by atoms with Gasteiger partial charge >= 0.3 is 0 Å². The monoisotopic (exact) mass is 523 g/mol. The number of benzene rings is 2. The van der Waals surface area contributed by atoms with Gasteiger partial charge in [0.05, 0.1) is 29.2 Å². The highest BCUT2D eigenvalue weighted by atomic mass is 32.1. The summed E-state index contributed by atoms with van der Waals surface area (Å²) in [5, 5.41) is 16.3. The first kappa shape index (κ1) is 24.8. The largest absolute Gasteiger partial charge is 0.383 e. The summed E-state index contributed by atoms with van der Waals surface area (Å²) in [5.74, 6) is 0.0528. The van der Waals surface area contributed by atoms with E-state index in [1.807, 2.05) is 36.4 Å². The highest BCUT2D eigenvalue weighted by molar-refractivity contribution is 7.15. The number of rotatable bonds is 7. The minimum absolute atomic E-state index is 0.250. The number of aromatic nitrogens is 3. The number of nitriles is 1. The highest BCUT2D eigenvalue weighted by Gasteiger charge is 2.18. The third-order valence-corrected chi connectivity index (χ3v) is 7.16. The quantitative estimate of drug-likeness (QED) is 0.259. The molecule has 3 heterocycles. The average Bonchev–Trinajstić information content (AvgIpc) is 3.41. The number of hydrogen-bond donors (Lipinski definition) is 3. The van der Waals surface area contributed by atoms with Crippen LogP contribution in [0, 0.1) is 17.1 Å². The average molecular weight is 524 g/mol. The highest BCUT2D eigenvalue weighted by Crippen LogP contribution is 2.31. The van der Waals surface area contributed by atoms with Crippen LogP contribution in [0.5, 0.6) is 0 Å². The summed E-state index contributed by atoms with van der Waals surface area (Å²) in [5.41, 5.74) is 9.08. The number of halogens is 1. The molecule has 0 aliphatic heterocycles. The number of nitrogens with one attached hydrogen (secondary N) is 2. The lowest BCUT2D eigenvalue weighted by atomic mass is 10.1. The molecule has 5 aromatic rings. The molecule has 3 aromatic heterocycles. The van der Waals surface area contributed by atoms with E-state index >= 15 is 0 Å². The first-order chi connectivity index (χ1) is 18.4. The van der Waals surface area contributed by atoms with Crippen LogP contribution >= 0.6 is 11.3 Å². The lowest BCUT2D eigenvalue weighted by Gasteiger charge is -2.16. The number of carbonyl (C=O) groups is 1. The van der Waals surface area contributed by atoms with Crippen LogP contribution in [-0.4, -0.2) is 20.9 Å². The van der Waals surface area contributed by atoms with Crippen LogP contribution in [0.15, 0.2) is 73.2 Å². The number of carbonyl (C=O) groups excluding carboxylic acids is 1. The Hall–Kier alpha value is -4.88. The molecule has 38 heavy (non-hydrogen) atoms. The smallest absolute Gasteiger partial charge is 0.255 e. The molecule has 4 N–H and O–H groups in total. The molecular formula is C28H22FN7OS. The van der Waals surface area contributed by atoms with E-state index in [0.717, 1.165) is 31.8 Å². The number of nitrogens with zero attached hydrogens (tertiary/aromatic N) is 4. The molecule has 0 aliphatic rings. The minimum Gasteiger partial charge on any atom is -0.383 e. The number of amides is 1. The van der Waals surface area contributed by atoms with E-state index in [9.17, 15) is 14.4 Å². The molecule has 1 amide bonds. The molecule has 0 saturated carbocycles. The summed E-state index contributed by atoms with van der Waals surface area (Å²) in [7, 11) is 0. The zero-order valence-electron chi connectivity index (χ0n) is 20.3. The van der Waals surface area contributed by atoms with E-state index in [1.54, 1.807) is 30.4 Å². The van der Waals surface area contributed by atoms with Gasteiger partial charge in [-0.05, 0) is 60.5 Å². The Morgan fingerprint density at radius 2 is 1.92 bits per heavy atom. The Kier molecular flexibility index (Phi) is 6.93. The van der Waals surface area contributed by atoms with Gasteiger partial charge in [-0.1, -0.05) is 18.2 Å². The summed E-state index contributed by atoms with van der Waals surface area (Å²) in [6.07, 6.45) is 2.87. The summed E-state index contributed by atoms with van der Waals surface area (Å²) in [6.45, 7) is 2.23. The standard InChI is InChI=1S/C28H22FN7OS/c1-16(18-2-5-20(29)6-3-18)36-28(37)23-10-17(12-30)13-32-27(23)33-14-21-7-9-25(38-21)19-4-8-24-22(11-19)26(31)35-15-34-24/h2-11,13,15-16H,14H2,1H3,(H,32,33)(H,36,37)(H2,31,34,35). The van der Waals surface area contributed by atoms with Crippen LogP contribution in [0.25, 0.3) is 21.3 Å². The van der Waals surface area contributed by atoms with Crippen LogP contribution in [0.2, 0.25) is 0 Å². The second-order valence-corrected chi connectivity index (χ2v) is 9.76. The molecule has 0 saturated heterocycles. The van der Waals surface area contributed by atoms with Gasteiger partial charge in [-0.3, -0.25) is 4.79 Å². The lowest BCUT2D eigenvalue weighted by molar-refractivity contribution is 0.0940. The van der Waals surface area contributed by atoms with Crippen molar-refractivity contribution in [2.24, 2.45) is 0 Å². The number of nitrogens with two attached hydrogens (primary N) is 1. The Labute approximate surface area is 222 Å². The molecule has 0 radical (unpaired) electrons. The van der Waals surface area contributed by atoms with Gasteiger partial charge in [-0.25, -0.2) is 19.3 Å². The molecule has 10 heteroatoms. The SMILES string of the molecule is CC(NC(=O)c1cc(C#N)cnc1NCc1ccc(-c2ccc3ncnc(N)c3c2)s1)c1ccc(F)cc1. The predicted molar refractivity (Wildman–Crippen MR) is 146 cm³/mol. The zero-order chi connectivity index (χ0) is 26.6. The van der Waals surface area contributed by atoms with E-state index in [1.165, 1.54) is 30.7 Å². The number of nitrogen functional groups attached to an aromatic ring is 1. The molecule has 0 spiro atoms. The van der Waals surface area contributed by atoms with Gasteiger partial charge in [0.2, 0.25) is 0 Å². The fraction of sp³-hybridized carbons (Fsp3) is 0.107. The van der Waals surface area contributed by atoms with E-state index < -0.39 is 5.91 Å². The van der Waals surface area contributed by atoms with Crippen molar-refractivity contribution in [2.75, 3.05) is 11.1 Å². The van der Waals surface area contributed by atoms with Crippen molar-refractivity contribution in [3.63, 3.8) is 0 Å². The van der Waals surface area contributed by atoms with E-state index in [2.05, 4.69) is 25.6 Å². The Balaban J connectivity index is 1.33. The van der Waals surface area contributed by atoms with Gasteiger partial charge in [0, 0.05) is 21.3 Å². The maximum Gasteiger partial charge on any atom is 0.255 e. The first-order valence-corrected chi connectivity index (χ1v) is 12.5. The van der Waals surface area contributed by atoms with Gasteiger partial charge in [-0.2, -0.15) is 5.26 Å². The van der Waals surface area contributed by atoms with E-state index in [0.29, 0.717) is 18.2 Å². The van der Waals surface area contributed by atoms with Crippen molar-refractivity contribution in [3.8, 4) is 16.5 Å². The molecule has 1 atom stereocenters. The van der Waals surface area contributed by atoms with Gasteiger partial charge < -0.3 is 16.4 Å². The molecule has 8 nitrogen and oxygen atoms in total. The van der Waals surface area contributed by atoms with Crippen molar-refractivity contribution >= 4 is 39.8 Å². The molecule has 1 unspecified atom stereocenters. The van der Waals surface area contributed by atoms with Crippen molar-refractivity contribution in [1.29, 1.82) is 5.26 Å². The Morgan fingerprint density at radius 1 is 1.11 bits per heavy atom. The summed E-state index contributed by atoms with van der Waals surface area (Å²) in [6, 6.07) is 19.0. The fourth-order valence-corrected chi connectivity index (χ4v) is 4.92. The van der Waals surface area contributed by atoms with Gasteiger partial charge in [0.1, 0.15) is 29.8 Å². The lowest BCUT2D eigenvalue weighted by Crippen LogP contribution is -2.27. The molecule has 0 bridgehead atoms. The van der Waals surface area contributed by atoms with Crippen LogP contribution in [0.3, 0.4) is 0 Å². The summed E-state index contributed by atoms with van der Waals surface area (Å²) in [4.78, 5) is 27.8. The van der Waals surface area contributed by atoms with Crippen LogP contribution < -0.4 is 16.4 Å². The van der Waals surface area contributed by atoms with Crippen molar-refractivity contribution < 1.29 is 9.18 Å². The van der Waals surface area contributed by atoms with Crippen LogP contribution in [0.1, 0.15) is 39.3 Å². The molecule has 0 aliphatic carbocycles. The second kappa shape index (κ2) is 10.6. The number of fused-ring (bicyclic) bond motifs is 1. The summed E-state index contributed by atoms with van der Waals surface area (Å²) < 4.78 is 13.3. The molecular weight excluding hydrogens is 501 g/mol. The first-order valence-electron chi connectivity index (χ1n) is 11.7. The fourth-order valence-electron chi connectivity index (χ4n) is 3.98. The van der Waals surface area contributed by atoms with Gasteiger partial charge in [0.25, 0.3) is 5.91 Å². The van der Waals surface area contributed by atoms with E-state index in [-0.39, 0.29) is 23.0 Å². The van der Waals surface area contributed by atoms with Crippen LogP contribution in [0.4, 0.5) is 16.0 Å². The van der Waals surface area contributed by atoms with Crippen molar-refractivity contribution in [2.45, 2.75) is 19.5 Å².